The topological polar surface area (TPSA) is 49.8 Å². The molecule has 0 saturated carbocycles. The van der Waals surface area contributed by atoms with Crippen molar-refractivity contribution in [1.82, 2.24) is 0 Å². The van der Waals surface area contributed by atoms with E-state index in [4.69, 9.17) is 11.0 Å². The molecule has 0 radical (unpaired) electrons. The summed E-state index contributed by atoms with van der Waals surface area (Å²) >= 11 is 0. The van der Waals surface area contributed by atoms with Gasteiger partial charge in [0.1, 0.15) is 0 Å². The first-order valence-corrected chi connectivity index (χ1v) is 5.04. The van der Waals surface area contributed by atoms with Crippen LogP contribution in [0.15, 0.2) is 24.3 Å². The first kappa shape index (κ1) is 10.7. The van der Waals surface area contributed by atoms with Gasteiger partial charge in [-0.05, 0) is 18.1 Å². The number of benzene rings is 1. The highest BCUT2D eigenvalue weighted by molar-refractivity contribution is 5.39. The highest BCUT2D eigenvalue weighted by Crippen LogP contribution is 2.19. The first-order chi connectivity index (χ1) is 6.79. The summed E-state index contributed by atoms with van der Waals surface area (Å²) in [5.74, 6) is 0. The van der Waals surface area contributed by atoms with E-state index in [1.807, 2.05) is 24.3 Å². The van der Waals surface area contributed by atoms with Gasteiger partial charge in [0.05, 0.1) is 11.6 Å². The van der Waals surface area contributed by atoms with Gasteiger partial charge in [0.2, 0.25) is 0 Å². The van der Waals surface area contributed by atoms with E-state index < -0.39 is 0 Å². The van der Waals surface area contributed by atoms with E-state index in [-0.39, 0.29) is 6.04 Å². The van der Waals surface area contributed by atoms with Gasteiger partial charge in [0.25, 0.3) is 0 Å². The number of nitriles is 1. The lowest BCUT2D eigenvalue weighted by Crippen LogP contribution is -2.11. The number of nitrogens with zero attached hydrogens (tertiary/aromatic N) is 1. The smallest absolute Gasteiger partial charge is 0.0995 e. The van der Waals surface area contributed by atoms with E-state index in [9.17, 15) is 0 Å². The molecular formula is C12H16N2. The minimum absolute atomic E-state index is 0.00537. The Kier molecular flexibility index (Phi) is 4.15. The van der Waals surface area contributed by atoms with Crippen molar-refractivity contribution in [1.29, 1.82) is 5.26 Å². The first-order valence-electron chi connectivity index (χ1n) is 5.04. The lowest BCUT2D eigenvalue weighted by atomic mass is 9.98. The molecule has 0 aliphatic carbocycles. The summed E-state index contributed by atoms with van der Waals surface area (Å²) in [5, 5.41) is 8.89. The van der Waals surface area contributed by atoms with Gasteiger partial charge in [0.15, 0.2) is 0 Å². The van der Waals surface area contributed by atoms with Gasteiger partial charge in [-0.3, -0.25) is 0 Å². The van der Waals surface area contributed by atoms with Gasteiger partial charge in [0, 0.05) is 6.04 Å². The van der Waals surface area contributed by atoms with Gasteiger partial charge in [-0.2, -0.15) is 5.26 Å². The van der Waals surface area contributed by atoms with Crippen LogP contribution in [0, 0.1) is 11.3 Å². The van der Waals surface area contributed by atoms with Gasteiger partial charge >= 0.3 is 0 Å². The standard InChI is InChI=1S/C12H16N2/c1-2-3-8-12(14)11-7-5-4-6-10(11)9-13/h4-7,12H,2-3,8,14H2,1H3/t12-/m0/s1. The molecule has 2 nitrogen and oxygen atoms in total. The van der Waals surface area contributed by atoms with Crippen LogP contribution in [0.1, 0.15) is 43.4 Å². The van der Waals surface area contributed by atoms with Crippen LogP contribution in [0.4, 0.5) is 0 Å². The lowest BCUT2D eigenvalue weighted by Gasteiger charge is -2.12. The quantitative estimate of drug-likeness (QED) is 0.789. The normalized spacial score (nSPS) is 12.1. The van der Waals surface area contributed by atoms with Crippen molar-refractivity contribution in [3.63, 3.8) is 0 Å². The molecule has 1 aromatic carbocycles. The zero-order valence-corrected chi connectivity index (χ0v) is 8.53. The van der Waals surface area contributed by atoms with E-state index in [2.05, 4.69) is 13.0 Å². The SMILES string of the molecule is CCCC[C@H](N)c1ccccc1C#N. The largest absolute Gasteiger partial charge is 0.324 e. The van der Waals surface area contributed by atoms with Crippen LogP contribution in [0.2, 0.25) is 0 Å². The molecule has 0 aliphatic rings. The Morgan fingerprint density at radius 1 is 1.43 bits per heavy atom. The number of unbranched alkanes of at least 4 members (excludes halogenated alkanes) is 1. The van der Waals surface area contributed by atoms with Gasteiger partial charge in [-0.25, -0.2) is 0 Å². The Bertz CT molecular complexity index is 325. The maximum absolute atomic E-state index is 8.89. The molecule has 14 heavy (non-hydrogen) atoms. The minimum Gasteiger partial charge on any atom is -0.324 e. The molecule has 0 bridgehead atoms. The van der Waals surface area contributed by atoms with Crippen LogP contribution in [-0.4, -0.2) is 0 Å². The molecule has 1 aromatic rings. The Labute approximate surface area is 85.4 Å². The van der Waals surface area contributed by atoms with Crippen molar-refractivity contribution < 1.29 is 0 Å². The van der Waals surface area contributed by atoms with Crippen molar-refractivity contribution in [3.8, 4) is 6.07 Å². The third kappa shape index (κ3) is 2.58. The summed E-state index contributed by atoms with van der Waals surface area (Å²) in [6, 6.07) is 9.74. The molecule has 0 unspecified atom stereocenters. The molecule has 2 heteroatoms. The van der Waals surface area contributed by atoms with Gasteiger partial charge in [-0.1, -0.05) is 38.0 Å². The maximum Gasteiger partial charge on any atom is 0.0995 e. The van der Waals surface area contributed by atoms with E-state index in [0.717, 1.165) is 24.8 Å². The summed E-state index contributed by atoms with van der Waals surface area (Å²) in [7, 11) is 0. The number of rotatable bonds is 4. The molecule has 0 saturated heterocycles. The van der Waals surface area contributed by atoms with Crippen LogP contribution in [0.5, 0.6) is 0 Å². The van der Waals surface area contributed by atoms with Crippen LogP contribution in [0.3, 0.4) is 0 Å². The van der Waals surface area contributed by atoms with E-state index >= 15 is 0 Å². The zero-order valence-electron chi connectivity index (χ0n) is 8.53. The number of nitrogens with two attached hydrogens (primary N) is 1. The molecule has 0 amide bonds. The molecule has 0 aromatic heterocycles. The van der Waals surface area contributed by atoms with Crippen molar-refractivity contribution in [2.24, 2.45) is 5.73 Å². The van der Waals surface area contributed by atoms with E-state index in [0.29, 0.717) is 5.56 Å². The molecule has 74 valence electrons. The van der Waals surface area contributed by atoms with E-state index in [1.165, 1.54) is 0 Å². The summed E-state index contributed by atoms with van der Waals surface area (Å²) in [4.78, 5) is 0. The number of hydrogen-bond acceptors (Lipinski definition) is 2. The molecule has 1 rings (SSSR count). The zero-order chi connectivity index (χ0) is 10.4. The van der Waals surface area contributed by atoms with Crippen LogP contribution >= 0.6 is 0 Å². The fraction of sp³-hybridized carbons (Fsp3) is 0.417. The summed E-state index contributed by atoms with van der Waals surface area (Å²) in [5.41, 5.74) is 7.69. The average Bonchev–Trinajstić information content (AvgIpc) is 2.25. The summed E-state index contributed by atoms with van der Waals surface area (Å²) in [6.07, 6.45) is 3.21. The fourth-order valence-corrected chi connectivity index (χ4v) is 1.50. The van der Waals surface area contributed by atoms with Crippen molar-refractivity contribution in [2.45, 2.75) is 32.2 Å². The molecule has 1 atom stereocenters. The lowest BCUT2D eigenvalue weighted by molar-refractivity contribution is 0.602. The second kappa shape index (κ2) is 5.41. The highest BCUT2D eigenvalue weighted by Gasteiger charge is 2.09. The molecule has 0 spiro atoms. The Morgan fingerprint density at radius 2 is 2.14 bits per heavy atom. The number of hydrogen-bond donors (Lipinski definition) is 1. The summed E-state index contributed by atoms with van der Waals surface area (Å²) < 4.78 is 0. The highest BCUT2D eigenvalue weighted by atomic mass is 14.6. The maximum atomic E-state index is 8.89. The van der Waals surface area contributed by atoms with E-state index in [1.54, 1.807) is 0 Å². The molecule has 0 fully saturated rings. The van der Waals surface area contributed by atoms with Crippen molar-refractivity contribution in [2.75, 3.05) is 0 Å². The Morgan fingerprint density at radius 3 is 2.79 bits per heavy atom. The van der Waals surface area contributed by atoms with Crippen LogP contribution in [0.25, 0.3) is 0 Å². The minimum atomic E-state index is 0.00537. The molecular weight excluding hydrogens is 172 g/mol. The van der Waals surface area contributed by atoms with Gasteiger partial charge in [-0.15, -0.1) is 0 Å². The second-order valence-electron chi connectivity index (χ2n) is 3.45. The predicted molar refractivity (Wildman–Crippen MR) is 57.6 cm³/mol. The Hall–Kier alpha value is -1.33. The molecule has 0 aliphatic heterocycles. The van der Waals surface area contributed by atoms with Crippen LogP contribution < -0.4 is 5.73 Å². The average molecular weight is 188 g/mol. The van der Waals surface area contributed by atoms with Crippen molar-refractivity contribution in [3.05, 3.63) is 35.4 Å². The fourth-order valence-electron chi connectivity index (χ4n) is 1.50. The molecule has 2 N–H and O–H groups in total. The third-order valence-electron chi connectivity index (χ3n) is 2.35. The van der Waals surface area contributed by atoms with Gasteiger partial charge < -0.3 is 5.73 Å². The Balaban J connectivity index is 2.79. The second-order valence-corrected chi connectivity index (χ2v) is 3.45. The summed E-state index contributed by atoms with van der Waals surface area (Å²) in [6.45, 7) is 2.14. The third-order valence-corrected chi connectivity index (χ3v) is 2.35. The monoisotopic (exact) mass is 188 g/mol. The predicted octanol–water partition coefficient (Wildman–Crippen LogP) is 2.75. The van der Waals surface area contributed by atoms with Crippen LogP contribution in [-0.2, 0) is 0 Å². The van der Waals surface area contributed by atoms with Crippen molar-refractivity contribution >= 4 is 0 Å². The molecule has 0 heterocycles.